The zero-order valence-corrected chi connectivity index (χ0v) is 11.4. The molecule has 1 aromatic carbocycles. The number of anilines is 1. The van der Waals surface area contributed by atoms with Gasteiger partial charge >= 0.3 is 5.97 Å². The van der Waals surface area contributed by atoms with E-state index in [2.05, 4.69) is 5.32 Å². The predicted molar refractivity (Wildman–Crippen MR) is 72.6 cm³/mol. The molecule has 0 heterocycles. The molecule has 5 nitrogen and oxygen atoms in total. The minimum absolute atomic E-state index is 0.139. The fourth-order valence-electron chi connectivity index (χ4n) is 1.81. The monoisotopic (exact) mass is 265 g/mol. The van der Waals surface area contributed by atoms with E-state index in [0.29, 0.717) is 30.7 Å². The second-order valence-corrected chi connectivity index (χ2v) is 4.43. The molecule has 1 rings (SSSR count). The summed E-state index contributed by atoms with van der Waals surface area (Å²) in [5.74, 6) is -1.13. The van der Waals surface area contributed by atoms with Crippen LogP contribution in [-0.2, 0) is 9.53 Å². The summed E-state index contributed by atoms with van der Waals surface area (Å²) in [6, 6.07) is 3.26. The van der Waals surface area contributed by atoms with Gasteiger partial charge in [0.2, 0.25) is 5.91 Å². The van der Waals surface area contributed by atoms with Gasteiger partial charge in [-0.1, -0.05) is 6.07 Å². The highest BCUT2D eigenvalue weighted by Gasteiger charge is 2.12. The Bertz CT molecular complexity index is 483. The largest absolute Gasteiger partial charge is 0.478 e. The number of carbonyl (C=O) groups is 2. The molecule has 0 aliphatic rings. The van der Waals surface area contributed by atoms with Crippen molar-refractivity contribution in [2.75, 3.05) is 19.0 Å². The second kappa shape index (κ2) is 6.89. The maximum Gasteiger partial charge on any atom is 0.336 e. The van der Waals surface area contributed by atoms with Crippen LogP contribution in [-0.4, -0.2) is 30.7 Å². The van der Waals surface area contributed by atoms with Crippen LogP contribution in [0, 0.1) is 13.8 Å². The maximum absolute atomic E-state index is 11.7. The Labute approximate surface area is 112 Å². The number of carboxylic acid groups (broad SMARTS) is 1. The molecule has 0 saturated heterocycles. The summed E-state index contributed by atoms with van der Waals surface area (Å²) >= 11 is 0. The molecule has 0 atom stereocenters. The van der Waals surface area contributed by atoms with Gasteiger partial charge in [-0.2, -0.15) is 0 Å². The quantitative estimate of drug-likeness (QED) is 0.774. The number of rotatable bonds is 6. The average Bonchev–Trinajstić information content (AvgIpc) is 2.32. The van der Waals surface area contributed by atoms with Gasteiger partial charge in [0.15, 0.2) is 0 Å². The highest BCUT2D eigenvalue weighted by Crippen LogP contribution is 2.21. The third-order valence-corrected chi connectivity index (χ3v) is 2.83. The number of aryl methyl sites for hydroxylation is 2. The van der Waals surface area contributed by atoms with Crippen molar-refractivity contribution in [1.82, 2.24) is 0 Å². The highest BCUT2D eigenvalue weighted by atomic mass is 16.5. The lowest BCUT2D eigenvalue weighted by Gasteiger charge is -2.11. The molecule has 1 amide bonds. The lowest BCUT2D eigenvalue weighted by molar-refractivity contribution is -0.116. The van der Waals surface area contributed by atoms with Gasteiger partial charge < -0.3 is 15.2 Å². The Morgan fingerprint density at radius 2 is 1.95 bits per heavy atom. The van der Waals surface area contributed by atoms with Crippen LogP contribution in [0.3, 0.4) is 0 Å². The summed E-state index contributed by atoms with van der Waals surface area (Å²) in [5, 5.41) is 11.8. The molecule has 0 aliphatic carbocycles. The van der Waals surface area contributed by atoms with E-state index in [4.69, 9.17) is 9.84 Å². The van der Waals surface area contributed by atoms with Crippen LogP contribution in [0.1, 0.15) is 34.3 Å². The number of nitrogens with one attached hydrogen (secondary N) is 1. The summed E-state index contributed by atoms with van der Waals surface area (Å²) in [5.41, 5.74) is 2.29. The first kappa shape index (κ1) is 15.2. The molecule has 0 bridgehead atoms. The second-order valence-electron chi connectivity index (χ2n) is 4.43. The zero-order chi connectivity index (χ0) is 14.4. The number of benzene rings is 1. The Balaban J connectivity index is 2.80. The van der Waals surface area contributed by atoms with Gasteiger partial charge in [0.1, 0.15) is 0 Å². The van der Waals surface area contributed by atoms with E-state index < -0.39 is 5.97 Å². The normalized spacial score (nSPS) is 10.3. The SMILES string of the molecule is COCCCC(=O)Nc1cc(C(=O)O)c(C)cc1C. The van der Waals surface area contributed by atoms with Gasteiger partial charge in [0, 0.05) is 25.8 Å². The Morgan fingerprint density at radius 1 is 1.26 bits per heavy atom. The smallest absolute Gasteiger partial charge is 0.336 e. The van der Waals surface area contributed by atoms with Gasteiger partial charge in [-0.25, -0.2) is 4.79 Å². The summed E-state index contributed by atoms with van der Waals surface area (Å²) in [4.78, 5) is 22.7. The minimum Gasteiger partial charge on any atom is -0.478 e. The van der Waals surface area contributed by atoms with Crippen molar-refractivity contribution >= 4 is 17.6 Å². The summed E-state index contributed by atoms with van der Waals surface area (Å²) in [7, 11) is 1.58. The topological polar surface area (TPSA) is 75.6 Å². The van der Waals surface area contributed by atoms with Crippen molar-refractivity contribution in [1.29, 1.82) is 0 Å². The molecule has 0 fully saturated rings. The standard InChI is InChI=1S/C14H19NO4/c1-9-7-10(2)12(8-11(9)14(17)18)15-13(16)5-4-6-19-3/h7-8H,4-6H2,1-3H3,(H,15,16)(H,17,18). The molecule has 0 saturated carbocycles. The van der Waals surface area contributed by atoms with Crippen LogP contribution in [0.15, 0.2) is 12.1 Å². The van der Waals surface area contributed by atoms with Gasteiger partial charge in [-0.15, -0.1) is 0 Å². The van der Waals surface area contributed by atoms with Crippen LogP contribution < -0.4 is 5.32 Å². The molecule has 0 aromatic heterocycles. The highest BCUT2D eigenvalue weighted by molar-refractivity contribution is 5.95. The third kappa shape index (κ3) is 4.37. The number of methoxy groups -OCH3 is 1. The van der Waals surface area contributed by atoms with E-state index in [0.717, 1.165) is 5.56 Å². The summed E-state index contributed by atoms with van der Waals surface area (Å²) in [6.07, 6.45) is 0.989. The van der Waals surface area contributed by atoms with E-state index in [1.807, 2.05) is 6.92 Å². The van der Waals surface area contributed by atoms with E-state index in [9.17, 15) is 9.59 Å². The van der Waals surface area contributed by atoms with Gasteiger partial charge in [0.05, 0.1) is 5.56 Å². The van der Waals surface area contributed by atoms with Crippen LogP contribution in [0.25, 0.3) is 0 Å². The molecule has 104 valence electrons. The summed E-state index contributed by atoms with van der Waals surface area (Å²) in [6.45, 7) is 4.10. The van der Waals surface area contributed by atoms with E-state index in [1.165, 1.54) is 6.07 Å². The Morgan fingerprint density at radius 3 is 2.53 bits per heavy atom. The molecule has 0 unspecified atom stereocenters. The number of carbonyl (C=O) groups excluding carboxylic acids is 1. The van der Waals surface area contributed by atoms with Crippen LogP contribution >= 0.6 is 0 Å². The molecular weight excluding hydrogens is 246 g/mol. The number of carboxylic acids is 1. The molecule has 0 aliphatic heterocycles. The van der Waals surface area contributed by atoms with Gasteiger partial charge in [-0.3, -0.25) is 4.79 Å². The van der Waals surface area contributed by atoms with E-state index in [1.54, 1.807) is 20.1 Å². The third-order valence-electron chi connectivity index (χ3n) is 2.83. The number of ether oxygens (including phenoxy) is 1. The van der Waals surface area contributed by atoms with Gasteiger partial charge in [0.25, 0.3) is 0 Å². The molecule has 2 N–H and O–H groups in total. The number of hydrogen-bond donors (Lipinski definition) is 2. The Kier molecular flexibility index (Phi) is 5.51. The Hall–Kier alpha value is -1.88. The average molecular weight is 265 g/mol. The number of hydrogen-bond acceptors (Lipinski definition) is 3. The van der Waals surface area contributed by atoms with Crippen LogP contribution in [0.4, 0.5) is 5.69 Å². The summed E-state index contributed by atoms with van der Waals surface area (Å²) < 4.78 is 4.87. The number of amides is 1. The zero-order valence-electron chi connectivity index (χ0n) is 11.4. The van der Waals surface area contributed by atoms with E-state index >= 15 is 0 Å². The number of aromatic carboxylic acids is 1. The fourth-order valence-corrected chi connectivity index (χ4v) is 1.81. The minimum atomic E-state index is -0.993. The fraction of sp³-hybridized carbons (Fsp3) is 0.429. The first-order chi connectivity index (χ1) is 8.95. The van der Waals surface area contributed by atoms with Crippen molar-refractivity contribution in [3.05, 3.63) is 28.8 Å². The molecule has 0 radical (unpaired) electrons. The van der Waals surface area contributed by atoms with Crippen molar-refractivity contribution in [3.8, 4) is 0 Å². The predicted octanol–water partition coefficient (Wildman–Crippen LogP) is 2.37. The lowest BCUT2D eigenvalue weighted by Crippen LogP contribution is -2.14. The molecular formula is C14H19NO4. The molecule has 1 aromatic rings. The molecule has 5 heteroatoms. The van der Waals surface area contributed by atoms with Gasteiger partial charge in [-0.05, 0) is 37.5 Å². The van der Waals surface area contributed by atoms with E-state index in [-0.39, 0.29) is 11.5 Å². The first-order valence-electron chi connectivity index (χ1n) is 6.09. The van der Waals surface area contributed by atoms with Crippen molar-refractivity contribution in [2.45, 2.75) is 26.7 Å². The molecule has 19 heavy (non-hydrogen) atoms. The lowest BCUT2D eigenvalue weighted by atomic mass is 10.0. The van der Waals surface area contributed by atoms with Crippen LogP contribution in [0.2, 0.25) is 0 Å². The van der Waals surface area contributed by atoms with Crippen molar-refractivity contribution in [2.24, 2.45) is 0 Å². The van der Waals surface area contributed by atoms with Crippen molar-refractivity contribution < 1.29 is 19.4 Å². The first-order valence-corrected chi connectivity index (χ1v) is 6.09. The molecule has 0 spiro atoms. The van der Waals surface area contributed by atoms with Crippen LogP contribution in [0.5, 0.6) is 0 Å². The maximum atomic E-state index is 11.7. The van der Waals surface area contributed by atoms with Crippen molar-refractivity contribution in [3.63, 3.8) is 0 Å².